The third-order valence-electron chi connectivity index (χ3n) is 2.74. The van der Waals surface area contributed by atoms with Crippen molar-refractivity contribution in [2.45, 2.75) is 6.92 Å². The summed E-state index contributed by atoms with van der Waals surface area (Å²) in [6.45, 7) is 1.84. The number of aryl methyl sites for hydroxylation is 1. The van der Waals surface area contributed by atoms with E-state index in [0.717, 1.165) is 5.56 Å². The van der Waals surface area contributed by atoms with Crippen molar-refractivity contribution in [2.24, 2.45) is 0 Å². The molecular weight excluding hydrogens is 247 g/mol. The van der Waals surface area contributed by atoms with Gasteiger partial charge in [-0.15, -0.1) is 0 Å². The van der Waals surface area contributed by atoms with Crippen LogP contribution in [0.25, 0.3) is 11.1 Å². The lowest BCUT2D eigenvalue weighted by Crippen LogP contribution is -2.06. The molecule has 2 aromatic rings. The second-order valence-electron chi connectivity index (χ2n) is 4.13. The van der Waals surface area contributed by atoms with Crippen molar-refractivity contribution in [3.63, 3.8) is 0 Å². The van der Waals surface area contributed by atoms with Crippen LogP contribution in [0.4, 0.5) is 10.2 Å². The highest BCUT2D eigenvalue weighted by atomic mass is 19.1. The molecule has 1 aromatic carbocycles. The molecule has 2 N–H and O–H groups in total. The molecule has 2 rings (SSSR count). The van der Waals surface area contributed by atoms with Crippen molar-refractivity contribution in [3.05, 3.63) is 47.4 Å². The molecule has 4 nitrogen and oxygen atoms in total. The second kappa shape index (κ2) is 5.06. The van der Waals surface area contributed by atoms with Gasteiger partial charge in [0.05, 0.1) is 12.7 Å². The maximum absolute atomic E-state index is 13.9. The Morgan fingerprint density at radius 3 is 2.74 bits per heavy atom. The van der Waals surface area contributed by atoms with Crippen molar-refractivity contribution in [1.82, 2.24) is 4.98 Å². The normalized spacial score (nSPS) is 10.3. The number of hydrogen-bond donors (Lipinski definition) is 1. The molecule has 0 radical (unpaired) electrons. The number of methoxy groups -OCH3 is 1. The van der Waals surface area contributed by atoms with E-state index < -0.39 is 11.8 Å². The van der Waals surface area contributed by atoms with E-state index in [4.69, 9.17) is 5.73 Å². The molecule has 1 aromatic heterocycles. The number of ether oxygens (including phenoxy) is 1. The van der Waals surface area contributed by atoms with Crippen LogP contribution >= 0.6 is 0 Å². The lowest BCUT2D eigenvalue weighted by molar-refractivity contribution is 0.0601. The number of pyridine rings is 1. The molecule has 0 unspecified atom stereocenters. The SMILES string of the molecule is COC(=O)c1cc(N)ncc1-c1cc(C)ccc1F. The number of benzene rings is 1. The maximum atomic E-state index is 13.9. The van der Waals surface area contributed by atoms with Crippen molar-refractivity contribution < 1.29 is 13.9 Å². The van der Waals surface area contributed by atoms with E-state index in [2.05, 4.69) is 9.72 Å². The molecule has 0 fully saturated rings. The van der Waals surface area contributed by atoms with E-state index in [1.54, 1.807) is 12.1 Å². The second-order valence-corrected chi connectivity index (χ2v) is 4.13. The predicted molar refractivity (Wildman–Crippen MR) is 70.1 cm³/mol. The molecule has 0 aliphatic carbocycles. The fourth-order valence-corrected chi connectivity index (χ4v) is 1.81. The minimum Gasteiger partial charge on any atom is -0.465 e. The molecule has 0 spiro atoms. The highest BCUT2D eigenvalue weighted by Gasteiger charge is 2.17. The largest absolute Gasteiger partial charge is 0.465 e. The van der Waals surface area contributed by atoms with E-state index in [9.17, 15) is 9.18 Å². The first-order chi connectivity index (χ1) is 9.02. The minimum absolute atomic E-state index is 0.178. The molecule has 98 valence electrons. The zero-order valence-electron chi connectivity index (χ0n) is 10.6. The highest BCUT2D eigenvalue weighted by Crippen LogP contribution is 2.28. The first-order valence-electron chi connectivity index (χ1n) is 5.63. The number of esters is 1. The fraction of sp³-hybridized carbons (Fsp3) is 0.143. The molecule has 19 heavy (non-hydrogen) atoms. The Balaban J connectivity index is 2.68. The monoisotopic (exact) mass is 260 g/mol. The summed E-state index contributed by atoms with van der Waals surface area (Å²) in [7, 11) is 1.26. The molecule has 0 atom stereocenters. The van der Waals surface area contributed by atoms with Crippen LogP contribution in [0.1, 0.15) is 15.9 Å². The van der Waals surface area contributed by atoms with Gasteiger partial charge in [0, 0.05) is 17.3 Å². The van der Waals surface area contributed by atoms with Crippen LogP contribution in [-0.4, -0.2) is 18.1 Å². The number of halogens is 1. The van der Waals surface area contributed by atoms with Gasteiger partial charge in [0.15, 0.2) is 0 Å². The summed E-state index contributed by atoms with van der Waals surface area (Å²) < 4.78 is 18.6. The standard InChI is InChI=1S/C14H13FN2O2/c1-8-3-4-12(15)9(5-8)11-7-17-13(16)6-10(11)14(18)19-2/h3-7H,1-2H3,(H2,16,17). The van der Waals surface area contributed by atoms with Gasteiger partial charge in [-0.2, -0.15) is 0 Å². The van der Waals surface area contributed by atoms with E-state index in [0.29, 0.717) is 11.1 Å². The van der Waals surface area contributed by atoms with Crippen LogP contribution in [0, 0.1) is 12.7 Å². The van der Waals surface area contributed by atoms with Gasteiger partial charge in [0.1, 0.15) is 11.6 Å². The Bertz CT molecular complexity index is 641. The van der Waals surface area contributed by atoms with Crippen LogP contribution in [0.2, 0.25) is 0 Å². The molecule has 0 aliphatic heterocycles. The van der Waals surface area contributed by atoms with Gasteiger partial charge < -0.3 is 10.5 Å². The fourth-order valence-electron chi connectivity index (χ4n) is 1.81. The van der Waals surface area contributed by atoms with Crippen LogP contribution < -0.4 is 5.73 Å². The van der Waals surface area contributed by atoms with Crippen molar-refractivity contribution >= 4 is 11.8 Å². The first kappa shape index (κ1) is 13.0. The Kier molecular flexibility index (Phi) is 3.46. The Morgan fingerprint density at radius 1 is 1.32 bits per heavy atom. The maximum Gasteiger partial charge on any atom is 0.338 e. The van der Waals surface area contributed by atoms with E-state index in [1.807, 2.05) is 6.92 Å². The van der Waals surface area contributed by atoms with Crippen LogP contribution in [0.3, 0.4) is 0 Å². The van der Waals surface area contributed by atoms with Crippen molar-refractivity contribution in [1.29, 1.82) is 0 Å². The zero-order valence-corrected chi connectivity index (χ0v) is 10.6. The predicted octanol–water partition coefficient (Wildman–Crippen LogP) is 2.56. The highest BCUT2D eigenvalue weighted by molar-refractivity contribution is 5.97. The number of hydrogen-bond acceptors (Lipinski definition) is 4. The number of nitrogens with two attached hydrogens (primary N) is 1. The first-order valence-corrected chi connectivity index (χ1v) is 5.63. The van der Waals surface area contributed by atoms with Gasteiger partial charge in [0.25, 0.3) is 0 Å². The van der Waals surface area contributed by atoms with E-state index >= 15 is 0 Å². The van der Waals surface area contributed by atoms with Crippen molar-refractivity contribution in [3.8, 4) is 11.1 Å². The van der Waals surface area contributed by atoms with Crippen LogP contribution in [0.15, 0.2) is 30.5 Å². The number of carbonyl (C=O) groups excluding carboxylic acids is 1. The van der Waals surface area contributed by atoms with E-state index in [-0.39, 0.29) is 11.4 Å². The molecule has 1 heterocycles. The number of carbonyl (C=O) groups is 1. The van der Waals surface area contributed by atoms with Crippen LogP contribution in [-0.2, 0) is 4.74 Å². The summed E-state index contributed by atoms with van der Waals surface area (Å²) in [5.41, 5.74) is 7.29. The molecule has 0 saturated carbocycles. The molecule has 0 amide bonds. The molecule has 0 bridgehead atoms. The average molecular weight is 260 g/mol. The smallest absolute Gasteiger partial charge is 0.338 e. The number of anilines is 1. The Labute approximate surface area is 110 Å². The summed E-state index contributed by atoms with van der Waals surface area (Å²) in [5, 5.41) is 0. The lowest BCUT2D eigenvalue weighted by Gasteiger charge is -2.10. The Hall–Kier alpha value is -2.43. The number of rotatable bonds is 2. The van der Waals surface area contributed by atoms with Gasteiger partial charge in [-0.1, -0.05) is 11.6 Å². The molecule has 0 saturated heterocycles. The summed E-state index contributed by atoms with van der Waals surface area (Å²) in [4.78, 5) is 15.6. The van der Waals surface area contributed by atoms with Crippen molar-refractivity contribution in [2.75, 3.05) is 12.8 Å². The number of nitrogens with zero attached hydrogens (tertiary/aromatic N) is 1. The van der Waals surface area contributed by atoms with Gasteiger partial charge in [-0.3, -0.25) is 0 Å². The third kappa shape index (κ3) is 2.54. The minimum atomic E-state index is -0.579. The van der Waals surface area contributed by atoms with Gasteiger partial charge in [-0.25, -0.2) is 14.2 Å². The van der Waals surface area contributed by atoms with Gasteiger partial charge >= 0.3 is 5.97 Å². The van der Waals surface area contributed by atoms with Gasteiger partial charge in [-0.05, 0) is 25.1 Å². The van der Waals surface area contributed by atoms with E-state index in [1.165, 1.54) is 25.4 Å². The average Bonchev–Trinajstić information content (AvgIpc) is 2.41. The third-order valence-corrected chi connectivity index (χ3v) is 2.74. The lowest BCUT2D eigenvalue weighted by atomic mass is 9.99. The summed E-state index contributed by atoms with van der Waals surface area (Å²) >= 11 is 0. The molecule has 0 aliphatic rings. The summed E-state index contributed by atoms with van der Waals surface area (Å²) in [6.07, 6.45) is 1.37. The zero-order chi connectivity index (χ0) is 14.0. The molecular formula is C14H13FN2O2. The van der Waals surface area contributed by atoms with Gasteiger partial charge in [0.2, 0.25) is 0 Å². The topological polar surface area (TPSA) is 65.2 Å². The van der Waals surface area contributed by atoms with Crippen LogP contribution in [0.5, 0.6) is 0 Å². The summed E-state index contributed by atoms with van der Waals surface area (Å²) in [5.74, 6) is -0.829. The quantitative estimate of drug-likeness (QED) is 0.843. The summed E-state index contributed by atoms with van der Waals surface area (Å²) in [6, 6.07) is 6.03. The molecule has 5 heteroatoms. The number of nitrogen functional groups attached to an aromatic ring is 1. The number of aromatic nitrogens is 1. The Morgan fingerprint density at radius 2 is 2.05 bits per heavy atom.